The molecule has 0 spiro atoms. The van der Waals surface area contributed by atoms with Gasteiger partial charge in [0, 0.05) is 12.1 Å². The van der Waals surface area contributed by atoms with Crippen molar-refractivity contribution < 1.29 is 23.2 Å². The second-order valence-corrected chi connectivity index (χ2v) is 8.25. The predicted octanol–water partition coefficient (Wildman–Crippen LogP) is 2.56. The number of hydrogen-bond acceptors (Lipinski definition) is 5. The SMILES string of the molecule is CC1(C(=O)O)CCC(NS(=O)(=O)c2ccc(Cl)c([N+](=O)[O-])c2)CC1. The van der Waals surface area contributed by atoms with E-state index in [2.05, 4.69) is 4.72 Å². The number of sulfonamides is 1. The zero-order valence-electron chi connectivity index (χ0n) is 12.9. The minimum absolute atomic E-state index is 0.145. The van der Waals surface area contributed by atoms with Crippen molar-refractivity contribution in [2.75, 3.05) is 0 Å². The number of carboxylic acids is 1. The summed E-state index contributed by atoms with van der Waals surface area (Å²) in [6.45, 7) is 1.64. The number of aliphatic carboxylic acids is 1. The Balaban J connectivity index is 2.14. The van der Waals surface area contributed by atoms with Gasteiger partial charge in [-0.15, -0.1) is 0 Å². The summed E-state index contributed by atoms with van der Waals surface area (Å²) in [6, 6.07) is 2.87. The van der Waals surface area contributed by atoms with Crippen LogP contribution in [0.3, 0.4) is 0 Å². The van der Waals surface area contributed by atoms with Crippen molar-refractivity contribution in [1.29, 1.82) is 0 Å². The number of nitro benzene ring substituents is 1. The lowest BCUT2D eigenvalue weighted by Crippen LogP contribution is -2.42. The van der Waals surface area contributed by atoms with Gasteiger partial charge in [0.05, 0.1) is 15.2 Å². The van der Waals surface area contributed by atoms with Gasteiger partial charge in [0.2, 0.25) is 10.0 Å². The highest BCUT2D eigenvalue weighted by Crippen LogP contribution is 2.36. The first kappa shape index (κ1) is 18.6. The Bertz CT molecular complexity index is 771. The number of rotatable bonds is 5. The van der Waals surface area contributed by atoms with Gasteiger partial charge in [0.25, 0.3) is 5.69 Å². The fraction of sp³-hybridized carbons (Fsp3) is 0.500. The van der Waals surface area contributed by atoms with Gasteiger partial charge in [-0.25, -0.2) is 13.1 Å². The van der Waals surface area contributed by atoms with E-state index in [4.69, 9.17) is 11.6 Å². The van der Waals surface area contributed by atoms with Crippen LogP contribution in [0, 0.1) is 15.5 Å². The Labute approximate surface area is 144 Å². The fourth-order valence-electron chi connectivity index (χ4n) is 2.67. The van der Waals surface area contributed by atoms with Crippen LogP contribution in [0.1, 0.15) is 32.6 Å². The molecule has 0 unspecified atom stereocenters. The molecule has 1 aliphatic carbocycles. The topological polar surface area (TPSA) is 127 Å². The van der Waals surface area contributed by atoms with Crippen molar-refractivity contribution in [1.82, 2.24) is 4.72 Å². The van der Waals surface area contributed by atoms with Crippen LogP contribution in [0.25, 0.3) is 0 Å². The number of benzene rings is 1. The van der Waals surface area contributed by atoms with Crippen LogP contribution < -0.4 is 4.72 Å². The lowest BCUT2D eigenvalue weighted by molar-refractivity contribution is -0.384. The first-order chi connectivity index (χ1) is 11.0. The van der Waals surface area contributed by atoms with E-state index in [0.29, 0.717) is 25.7 Å². The number of nitrogens with one attached hydrogen (secondary N) is 1. The normalized spacial score (nSPS) is 24.5. The molecule has 0 aromatic heterocycles. The quantitative estimate of drug-likeness (QED) is 0.600. The van der Waals surface area contributed by atoms with Crippen LogP contribution in [0.15, 0.2) is 23.1 Å². The summed E-state index contributed by atoms with van der Waals surface area (Å²) in [5.74, 6) is -0.892. The van der Waals surface area contributed by atoms with Crippen molar-refractivity contribution in [3.63, 3.8) is 0 Å². The van der Waals surface area contributed by atoms with Crippen molar-refractivity contribution in [3.05, 3.63) is 33.3 Å². The third-order valence-electron chi connectivity index (χ3n) is 4.35. The lowest BCUT2D eigenvalue weighted by atomic mass is 9.74. The molecule has 0 radical (unpaired) electrons. The van der Waals surface area contributed by atoms with Crippen LogP contribution in [0.2, 0.25) is 5.02 Å². The molecular formula is C14H17ClN2O6S. The van der Waals surface area contributed by atoms with E-state index in [1.807, 2.05) is 0 Å². The Morgan fingerprint density at radius 1 is 1.42 bits per heavy atom. The summed E-state index contributed by atoms with van der Waals surface area (Å²) in [7, 11) is -3.95. The Hall–Kier alpha value is -1.71. The standard InChI is InChI=1S/C14H17ClN2O6S/c1-14(13(18)19)6-4-9(5-7-14)16-24(22,23)10-2-3-11(15)12(8-10)17(20)21/h2-3,8-9,16H,4-7H2,1H3,(H,18,19). The Kier molecular flexibility index (Phi) is 5.17. The number of carbonyl (C=O) groups is 1. The summed E-state index contributed by atoms with van der Waals surface area (Å²) >= 11 is 5.68. The number of nitrogens with zero attached hydrogens (tertiary/aromatic N) is 1. The highest BCUT2D eigenvalue weighted by atomic mass is 35.5. The van der Waals surface area contributed by atoms with Gasteiger partial charge in [-0.2, -0.15) is 0 Å². The van der Waals surface area contributed by atoms with E-state index >= 15 is 0 Å². The number of halogens is 1. The maximum atomic E-state index is 12.4. The summed E-state index contributed by atoms with van der Waals surface area (Å²) in [5.41, 5.74) is -1.33. The van der Waals surface area contributed by atoms with Gasteiger partial charge in [-0.3, -0.25) is 14.9 Å². The molecule has 0 atom stereocenters. The predicted molar refractivity (Wildman–Crippen MR) is 86.4 cm³/mol. The van der Waals surface area contributed by atoms with Crippen molar-refractivity contribution in [2.24, 2.45) is 5.41 Å². The first-order valence-electron chi connectivity index (χ1n) is 7.25. The van der Waals surface area contributed by atoms with Crippen molar-refractivity contribution in [2.45, 2.75) is 43.5 Å². The molecule has 1 aromatic carbocycles. The third kappa shape index (κ3) is 3.85. The molecular weight excluding hydrogens is 360 g/mol. The zero-order chi connectivity index (χ0) is 18.1. The van der Waals surface area contributed by atoms with Crippen molar-refractivity contribution >= 4 is 33.3 Å². The Morgan fingerprint density at radius 3 is 2.50 bits per heavy atom. The molecule has 10 heteroatoms. The molecule has 0 saturated heterocycles. The molecule has 0 aliphatic heterocycles. The second kappa shape index (κ2) is 6.66. The summed E-state index contributed by atoms with van der Waals surface area (Å²) < 4.78 is 27.3. The van der Waals surface area contributed by atoms with E-state index in [-0.39, 0.29) is 9.92 Å². The van der Waals surface area contributed by atoms with Gasteiger partial charge < -0.3 is 5.11 Å². The van der Waals surface area contributed by atoms with Crippen molar-refractivity contribution in [3.8, 4) is 0 Å². The second-order valence-electron chi connectivity index (χ2n) is 6.13. The molecule has 1 aromatic rings. The maximum Gasteiger partial charge on any atom is 0.309 e. The molecule has 0 bridgehead atoms. The summed E-state index contributed by atoms with van der Waals surface area (Å²) in [5, 5.41) is 19.9. The smallest absolute Gasteiger partial charge is 0.309 e. The molecule has 132 valence electrons. The van der Waals surface area contributed by atoms with Gasteiger partial charge in [0.15, 0.2) is 0 Å². The number of nitro groups is 1. The van der Waals surface area contributed by atoms with E-state index in [1.54, 1.807) is 6.92 Å². The fourth-order valence-corrected chi connectivity index (χ4v) is 4.18. The molecule has 1 fully saturated rings. The van der Waals surface area contributed by atoms with E-state index in [1.165, 1.54) is 6.07 Å². The highest BCUT2D eigenvalue weighted by molar-refractivity contribution is 7.89. The monoisotopic (exact) mass is 376 g/mol. The van der Waals surface area contributed by atoms with E-state index in [0.717, 1.165) is 12.1 Å². The molecule has 1 aliphatic rings. The summed E-state index contributed by atoms with van der Waals surface area (Å²) in [4.78, 5) is 21.1. The number of hydrogen-bond donors (Lipinski definition) is 2. The number of carboxylic acid groups (broad SMARTS) is 1. The lowest BCUT2D eigenvalue weighted by Gasteiger charge is -2.34. The van der Waals surface area contributed by atoms with Crippen LogP contribution >= 0.6 is 11.6 Å². The summed E-state index contributed by atoms with van der Waals surface area (Å²) in [6.07, 6.45) is 1.49. The van der Waals surface area contributed by atoms with Crippen LogP contribution in [-0.2, 0) is 14.8 Å². The van der Waals surface area contributed by atoms with Crippen LogP contribution in [0.4, 0.5) is 5.69 Å². The molecule has 2 rings (SSSR count). The zero-order valence-corrected chi connectivity index (χ0v) is 14.4. The largest absolute Gasteiger partial charge is 0.481 e. The average Bonchev–Trinajstić information content (AvgIpc) is 2.49. The molecule has 8 nitrogen and oxygen atoms in total. The molecule has 0 heterocycles. The molecule has 24 heavy (non-hydrogen) atoms. The van der Waals surface area contributed by atoms with Gasteiger partial charge in [0.1, 0.15) is 5.02 Å². The van der Waals surface area contributed by atoms with E-state index in [9.17, 15) is 28.4 Å². The van der Waals surface area contributed by atoms with Crippen LogP contribution in [-0.4, -0.2) is 30.5 Å². The van der Waals surface area contributed by atoms with E-state index < -0.39 is 38.1 Å². The minimum Gasteiger partial charge on any atom is -0.481 e. The molecule has 0 amide bonds. The third-order valence-corrected chi connectivity index (χ3v) is 6.19. The maximum absolute atomic E-state index is 12.4. The van der Waals surface area contributed by atoms with Gasteiger partial charge in [-0.05, 0) is 44.7 Å². The van der Waals surface area contributed by atoms with Gasteiger partial charge in [-0.1, -0.05) is 11.6 Å². The average molecular weight is 377 g/mol. The highest BCUT2D eigenvalue weighted by Gasteiger charge is 2.38. The Morgan fingerprint density at radius 2 is 2.00 bits per heavy atom. The minimum atomic E-state index is -3.95. The van der Waals surface area contributed by atoms with Crippen LogP contribution in [0.5, 0.6) is 0 Å². The molecule has 1 saturated carbocycles. The molecule has 2 N–H and O–H groups in total. The van der Waals surface area contributed by atoms with Gasteiger partial charge >= 0.3 is 5.97 Å². The first-order valence-corrected chi connectivity index (χ1v) is 9.11.